The van der Waals surface area contributed by atoms with Crippen LogP contribution in [0.25, 0.3) is 0 Å². The van der Waals surface area contributed by atoms with Crippen molar-refractivity contribution in [1.82, 2.24) is 24.5 Å². The van der Waals surface area contributed by atoms with E-state index in [-0.39, 0.29) is 51.1 Å². The van der Waals surface area contributed by atoms with Gasteiger partial charge in [-0.05, 0) is 88.6 Å². The first-order valence-corrected chi connectivity index (χ1v) is 19.1. The molecule has 1 aromatic rings. The summed E-state index contributed by atoms with van der Waals surface area (Å²) in [6.07, 6.45) is 3.47. The Bertz CT molecular complexity index is 1440. The molecule has 1 aromatic carbocycles. The third-order valence-corrected chi connectivity index (χ3v) is 7.57. The molecule has 14 heteroatoms. The number of hydrogen-bond donors (Lipinski definition) is 0. The van der Waals surface area contributed by atoms with Crippen LogP contribution in [0.15, 0.2) is 42.7 Å². The van der Waals surface area contributed by atoms with Gasteiger partial charge in [0.15, 0.2) is 0 Å². The number of carbonyl (C=O) groups is 5. The normalized spacial score (nSPS) is 16.3. The molecule has 1 aliphatic heterocycles. The van der Waals surface area contributed by atoms with Gasteiger partial charge >= 0.3 is 23.9 Å². The van der Waals surface area contributed by atoms with Crippen LogP contribution in [-0.2, 0) is 49.5 Å². The average Bonchev–Trinajstić information content (AvgIpc) is 2.98. The van der Waals surface area contributed by atoms with Crippen molar-refractivity contribution in [3.63, 3.8) is 0 Å². The molecule has 0 bridgehead atoms. The number of amides is 1. The van der Waals surface area contributed by atoms with Crippen LogP contribution in [0.1, 0.15) is 88.6 Å². The number of ether oxygens (including phenoxy) is 4. The third-order valence-electron chi connectivity index (χ3n) is 7.57. The Morgan fingerprint density at radius 3 is 1.29 bits per heavy atom. The third kappa shape index (κ3) is 22.1. The van der Waals surface area contributed by atoms with Gasteiger partial charge in [-0.2, -0.15) is 0 Å². The fraction of sp³-hybridized carbons (Fsp3) is 0.683. The van der Waals surface area contributed by atoms with Crippen LogP contribution in [0.3, 0.4) is 0 Å². The first-order valence-electron chi connectivity index (χ1n) is 19.1. The molecule has 2 rings (SSSR count). The summed E-state index contributed by atoms with van der Waals surface area (Å²) in [7, 11) is 0. The van der Waals surface area contributed by atoms with Crippen LogP contribution >= 0.6 is 0 Å². The molecule has 14 nitrogen and oxygen atoms in total. The van der Waals surface area contributed by atoms with Crippen molar-refractivity contribution in [2.45, 2.75) is 112 Å². The topological polar surface area (TPSA) is 138 Å². The molecule has 0 spiro atoms. The van der Waals surface area contributed by atoms with E-state index in [0.717, 1.165) is 5.56 Å². The molecule has 0 aliphatic carbocycles. The zero-order valence-electron chi connectivity index (χ0n) is 35.4. The van der Waals surface area contributed by atoms with Crippen molar-refractivity contribution in [3.05, 3.63) is 48.3 Å². The van der Waals surface area contributed by atoms with E-state index in [2.05, 4.69) is 0 Å². The van der Waals surface area contributed by atoms with E-state index in [1.807, 2.05) is 81.7 Å². The largest absolute Gasteiger partial charge is 0.459 e. The second-order valence-corrected chi connectivity index (χ2v) is 17.9. The van der Waals surface area contributed by atoms with Gasteiger partial charge in [-0.3, -0.25) is 33.8 Å². The fourth-order valence-corrected chi connectivity index (χ4v) is 5.46. The van der Waals surface area contributed by atoms with Crippen molar-refractivity contribution >= 4 is 29.8 Å². The molecule has 1 aliphatic rings. The molecule has 0 saturated heterocycles. The molecule has 0 atom stereocenters. The van der Waals surface area contributed by atoms with Crippen LogP contribution in [0.2, 0.25) is 0 Å². The molecular weight excluding hydrogens is 706 g/mol. The SMILES string of the molecule is CC(C)(C)OC(=O)CN1/C=C\N(CC(=O)N(CC(=O)OC(C)(C)C)Cc2ccccc2)CCN(CC(=O)OC(C)(C)C)CCN(CC(=O)OC(C)(C)C)CC1. The maximum absolute atomic E-state index is 14.1. The fourth-order valence-electron chi connectivity index (χ4n) is 5.46. The summed E-state index contributed by atoms with van der Waals surface area (Å²) >= 11 is 0. The minimum absolute atomic E-state index is 0.00735. The number of esters is 4. The lowest BCUT2D eigenvalue weighted by atomic mass is 10.2. The van der Waals surface area contributed by atoms with E-state index >= 15 is 0 Å². The summed E-state index contributed by atoms with van der Waals surface area (Å²) in [5.74, 6) is -2.05. The maximum atomic E-state index is 14.1. The van der Waals surface area contributed by atoms with E-state index in [1.54, 1.807) is 63.7 Å². The average molecular weight is 774 g/mol. The minimum Gasteiger partial charge on any atom is -0.459 e. The molecule has 0 unspecified atom stereocenters. The minimum atomic E-state index is -0.726. The monoisotopic (exact) mass is 773 g/mol. The molecule has 0 aromatic heterocycles. The van der Waals surface area contributed by atoms with Gasteiger partial charge in [0.1, 0.15) is 35.5 Å². The summed E-state index contributed by atoms with van der Waals surface area (Å²) in [5.41, 5.74) is -1.91. The Hall–Kier alpha value is -4.17. The summed E-state index contributed by atoms with van der Waals surface area (Å²) in [6, 6.07) is 9.41. The molecule has 55 heavy (non-hydrogen) atoms. The van der Waals surface area contributed by atoms with Crippen molar-refractivity contribution < 1.29 is 42.9 Å². The standard InChI is InChI=1S/C41H67N5O9/c1-38(2,3)52-34(48)28-43-20-18-42(27-33(47)46(26-32-16-14-13-15-17-32)31-37(51)55-41(10,11)12)19-21-44(29-35(49)53-39(4,5)6)23-25-45(24-22-43)30-36(50)54-40(7,8)9/h13-18,20H,19,21-31H2,1-12H3/b20-18-. The smallest absolute Gasteiger partial charge is 0.326 e. The van der Waals surface area contributed by atoms with Crippen molar-refractivity contribution in [3.8, 4) is 0 Å². The van der Waals surface area contributed by atoms with E-state index in [1.165, 1.54) is 4.90 Å². The summed E-state index contributed by atoms with van der Waals surface area (Å²) in [4.78, 5) is 75.0. The zero-order valence-corrected chi connectivity index (χ0v) is 35.4. The lowest BCUT2D eigenvalue weighted by Crippen LogP contribution is -2.47. The van der Waals surface area contributed by atoms with Gasteiger partial charge in [0.05, 0.1) is 19.6 Å². The molecule has 1 heterocycles. The van der Waals surface area contributed by atoms with Gasteiger partial charge in [0.25, 0.3) is 0 Å². The second-order valence-electron chi connectivity index (χ2n) is 17.9. The predicted octanol–water partition coefficient (Wildman–Crippen LogP) is 4.07. The maximum Gasteiger partial charge on any atom is 0.326 e. The summed E-state index contributed by atoms with van der Waals surface area (Å²) in [6.45, 7) is 23.6. The van der Waals surface area contributed by atoms with Crippen LogP contribution in [-0.4, -0.2) is 149 Å². The summed E-state index contributed by atoms with van der Waals surface area (Å²) in [5, 5.41) is 0. The van der Waals surface area contributed by atoms with Crippen molar-refractivity contribution in [2.24, 2.45) is 0 Å². The highest BCUT2D eigenvalue weighted by Crippen LogP contribution is 2.14. The zero-order chi connectivity index (χ0) is 41.6. The molecular formula is C41H67N5O9. The highest BCUT2D eigenvalue weighted by Gasteiger charge is 2.27. The first-order chi connectivity index (χ1) is 25.2. The van der Waals surface area contributed by atoms with Gasteiger partial charge in [-0.15, -0.1) is 0 Å². The molecule has 310 valence electrons. The Balaban J connectivity index is 2.48. The molecule has 0 radical (unpaired) electrons. The van der Waals surface area contributed by atoms with Crippen LogP contribution in [0, 0.1) is 0 Å². The van der Waals surface area contributed by atoms with Crippen LogP contribution < -0.4 is 0 Å². The number of rotatable bonds is 12. The van der Waals surface area contributed by atoms with Crippen LogP contribution in [0.5, 0.6) is 0 Å². The summed E-state index contributed by atoms with van der Waals surface area (Å²) < 4.78 is 22.5. The van der Waals surface area contributed by atoms with E-state index < -0.39 is 40.3 Å². The quantitative estimate of drug-likeness (QED) is 0.223. The lowest BCUT2D eigenvalue weighted by Gasteiger charge is -2.33. The Morgan fingerprint density at radius 1 is 0.509 bits per heavy atom. The van der Waals surface area contributed by atoms with Crippen molar-refractivity contribution in [2.75, 3.05) is 72.0 Å². The van der Waals surface area contributed by atoms with Gasteiger partial charge < -0.3 is 33.6 Å². The van der Waals surface area contributed by atoms with E-state index in [4.69, 9.17) is 18.9 Å². The van der Waals surface area contributed by atoms with E-state index in [9.17, 15) is 24.0 Å². The highest BCUT2D eigenvalue weighted by atomic mass is 16.6. The van der Waals surface area contributed by atoms with Gasteiger partial charge in [-0.25, -0.2) is 0 Å². The molecule has 1 amide bonds. The Morgan fingerprint density at radius 2 is 0.873 bits per heavy atom. The van der Waals surface area contributed by atoms with Crippen LogP contribution in [0.4, 0.5) is 0 Å². The van der Waals surface area contributed by atoms with Crippen molar-refractivity contribution in [1.29, 1.82) is 0 Å². The first kappa shape index (κ1) is 47.0. The lowest BCUT2D eigenvalue weighted by molar-refractivity contribution is -0.159. The van der Waals surface area contributed by atoms with E-state index in [0.29, 0.717) is 39.3 Å². The van der Waals surface area contributed by atoms with Gasteiger partial charge in [0.2, 0.25) is 5.91 Å². The molecule has 0 fully saturated rings. The number of benzene rings is 1. The second kappa shape index (κ2) is 20.7. The number of nitrogens with zero attached hydrogens (tertiary/aromatic N) is 5. The van der Waals surface area contributed by atoms with Gasteiger partial charge in [-0.1, -0.05) is 30.3 Å². The Kier molecular flexibility index (Phi) is 17.7. The predicted molar refractivity (Wildman–Crippen MR) is 210 cm³/mol. The molecule has 0 saturated carbocycles. The molecule has 0 N–H and O–H groups in total. The number of carbonyl (C=O) groups excluding carboxylic acids is 5. The highest BCUT2D eigenvalue weighted by molar-refractivity contribution is 5.83. The number of hydrogen-bond acceptors (Lipinski definition) is 13. The van der Waals surface area contributed by atoms with Gasteiger partial charge in [0, 0.05) is 58.2 Å². The Labute approximate surface area is 329 Å².